The van der Waals surface area contributed by atoms with Crippen molar-refractivity contribution in [3.8, 4) is 0 Å². The molecule has 0 aromatic heterocycles. The van der Waals surface area contributed by atoms with E-state index in [1.807, 2.05) is 12.1 Å². The number of nitrogens with two attached hydrogens (primary N) is 1. The molecule has 4 nitrogen and oxygen atoms in total. The average Bonchev–Trinajstić information content (AvgIpc) is 2.66. The number of hydrogen-bond donors (Lipinski definition) is 2. The minimum atomic E-state index is 0.0470. The summed E-state index contributed by atoms with van der Waals surface area (Å²) in [5.74, 6) is 0.0470. The van der Waals surface area contributed by atoms with E-state index < -0.39 is 0 Å². The van der Waals surface area contributed by atoms with Gasteiger partial charge in [0.15, 0.2) is 0 Å². The number of nitrogen functional groups attached to an aromatic ring is 1. The Kier molecular flexibility index (Phi) is 3.45. The van der Waals surface area contributed by atoms with E-state index in [2.05, 4.69) is 31.1 Å². The lowest BCUT2D eigenvalue weighted by Gasteiger charge is -2.28. The van der Waals surface area contributed by atoms with Crippen LogP contribution in [-0.4, -0.2) is 19.0 Å². The SMILES string of the molecule is CCCC(C)N(C)c1cc2c(cc1N)CC(=O)N2. The zero-order valence-corrected chi connectivity index (χ0v) is 11.3. The summed E-state index contributed by atoms with van der Waals surface area (Å²) in [5.41, 5.74) is 9.74. The van der Waals surface area contributed by atoms with Crippen molar-refractivity contribution in [3.05, 3.63) is 17.7 Å². The van der Waals surface area contributed by atoms with Crippen LogP contribution >= 0.6 is 0 Å². The maximum absolute atomic E-state index is 11.4. The minimum absolute atomic E-state index is 0.0470. The van der Waals surface area contributed by atoms with Gasteiger partial charge in [0.05, 0.1) is 17.8 Å². The largest absolute Gasteiger partial charge is 0.397 e. The second-order valence-electron chi connectivity index (χ2n) is 5.04. The van der Waals surface area contributed by atoms with Crippen LogP contribution in [0, 0.1) is 0 Å². The van der Waals surface area contributed by atoms with Crippen molar-refractivity contribution in [2.45, 2.75) is 39.2 Å². The second-order valence-corrected chi connectivity index (χ2v) is 5.04. The molecule has 1 heterocycles. The predicted octanol–water partition coefficient (Wildman–Crippen LogP) is 2.39. The number of amides is 1. The van der Waals surface area contributed by atoms with Crippen molar-refractivity contribution < 1.29 is 4.79 Å². The molecule has 0 spiro atoms. The number of carbonyl (C=O) groups excluding carboxylic acids is 1. The highest BCUT2D eigenvalue weighted by Crippen LogP contribution is 2.34. The van der Waals surface area contributed by atoms with Crippen LogP contribution in [-0.2, 0) is 11.2 Å². The van der Waals surface area contributed by atoms with E-state index in [0.717, 1.165) is 35.5 Å². The van der Waals surface area contributed by atoms with Crippen molar-refractivity contribution >= 4 is 23.0 Å². The molecule has 1 unspecified atom stereocenters. The molecular formula is C14H21N3O. The molecule has 1 aliphatic rings. The summed E-state index contributed by atoms with van der Waals surface area (Å²) in [7, 11) is 2.05. The molecule has 18 heavy (non-hydrogen) atoms. The summed E-state index contributed by atoms with van der Waals surface area (Å²) in [6, 6.07) is 4.34. The molecule has 1 atom stereocenters. The Morgan fingerprint density at radius 1 is 1.50 bits per heavy atom. The van der Waals surface area contributed by atoms with Crippen LogP contribution in [0.1, 0.15) is 32.3 Å². The molecule has 0 radical (unpaired) electrons. The van der Waals surface area contributed by atoms with Crippen LogP contribution in [0.5, 0.6) is 0 Å². The van der Waals surface area contributed by atoms with Crippen LogP contribution < -0.4 is 16.0 Å². The smallest absolute Gasteiger partial charge is 0.228 e. The number of carbonyl (C=O) groups is 1. The standard InChI is InChI=1S/C14H21N3O/c1-4-5-9(2)17(3)13-8-12-10(6-11(13)15)7-14(18)16-12/h6,8-9H,4-5,7,15H2,1-3H3,(H,16,18). The molecule has 1 aliphatic heterocycles. The van der Waals surface area contributed by atoms with Gasteiger partial charge in [-0.2, -0.15) is 0 Å². The van der Waals surface area contributed by atoms with Gasteiger partial charge in [-0.05, 0) is 31.0 Å². The zero-order chi connectivity index (χ0) is 13.3. The number of rotatable bonds is 4. The first-order chi connectivity index (χ1) is 8.52. The third-order valence-corrected chi connectivity index (χ3v) is 3.63. The van der Waals surface area contributed by atoms with E-state index in [-0.39, 0.29) is 5.91 Å². The quantitative estimate of drug-likeness (QED) is 0.803. The maximum Gasteiger partial charge on any atom is 0.228 e. The molecule has 98 valence electrons. The lowest BCUT2D eigenvalue weighted by molar-refractivity contribution is -0.115. The van der Waals surface area contributed by atoms with E-state index in [0.29, 0.717) is 12.5 Å². The van der Waals surface area contributed by atoms with E-state index >= 15 is 0 Å². The molecular weight excluding hydrogens is 226 g/mol. The highest BCUT2D eigenvalue weighted by molar-refractivity contribution is 6.00. The first kappa shape index (κ1) is 12.7. The Hall–Kier alpha value is -1.71. The van der Waals surface area contributed by atoms with E-state index in [4.69, 9.17) is 5.73 Å². The molecule has 2 rings (SSSR count). The third kappa shape index (κ3) is 2.28. The average molecular weight is 247 g/mol. The Morgan fingerprint density at radius 3 is 2.89 bits per heavy atom. The first-order valence-corrected chi connectivity index (χ1v) is 6.48. The molecule has 3 N–H and O–H groups in total. The Labute approximate surface area is 108 Å². The number of nitrogens with zero attached hydrogens (tertiary/aromatic N) is 1. The first-order valence-electron chi connectivity index (χ1n) is 6.48. The molecule has 0 fully saturated rings. The molecule has 1 aromatic rings. The number of benzene rings is 1. The van der Waals surface area contributed by atoms with Gasteiger partial charge in [0.25, 0.3) is 0 Å². The molecule has 0 aliphatic carbocycles. The van der Waals surface area contributed by atoms with Crippen molar-refractivity contribution in [1.29, 1.82) is 0 Å². The molecule has 1 aromatic carbocycles. The van der Waals surface area contributed by atoms with Gasteiger partial charge >= 0.3 is 0 Å². The van der Waals surface area contributed by atoms with Crippen LogP contribution in [0.4, 0.5) is 17.1 Å². The van der Waals surface area contributed by atoms with Gasteiger partial charge in [0.1, 0.15) is 0 Å². The van der Waals surface area contributed by atoms with Crippen LogP contribution in [0.15, 0.2) is 12.1 Å². The van der Waals surface area contributed by atoms with Gasteiger partial charge in [-0.15, -0.1) is 0 Å². The minimum Gasteiger partial charge on any atom is -0.397 e. The van der Waals surface area contributed by atoms with Gasteiger partial charge < -0.3 is 16.0 Å². The monoisotopic (exact) mass is 247 g/mol. The second kappa shape index (κ2) is 4.88. The number of nitrogens with one attached hydrogen (secondary N) is 1. The van der Waals surface area contributed by atoms with Gasteiger partial charge in [-0.1, -0.05) is 13.3 Å². The van der Waals surface area contributed by atoms with Crippen molar-refractivity contribution in [2.75, 3.05) is 23.0 Å². The summed E-state index contributed by atoms with van der Waals surface area (Å²) < 4.78 is 0. The van der Waals surface area contributed by atoms with Gasteiger partial charge in [0.2, 0.25) is 5.91 Å². The normalized spacial score (nSPS) is 15.2. The van der Waals surface area contributed by atoms with Gasteiger partial charge in [-0.25, -0.2) is 0 Å². The highest BCUT2D eigenvalue weighted by atomic mass is 16.1. The highest BCUT2D eigenvalue weighted by Gasteiger charge is 2.21. The number of anilines is 3. The molecule has 0 saturated heterocycles. The van der Waals surface area contributed by atoms with Crippen molar-refractivity contribution in [3.63, 3.8) is 0 Å². The Balaban J connectivity index is 2.29. The summed E-state index contributed by atoms with van der Waals surface area (Å²) in [4.78, 5) is 13.5. The fourth-order valence-electron chi connectivity index (χ4n) is 2.44. The van der Waals surface area contributed by atoms with Gasteiger partial charge in [-0.3, -0.25) is 4.79 Å². The molecule has 0 bridgehead atoms. The number of hydrogen-bond acceptors (Lipinski definition) is 3. The molecule has 1 amide bonds. The fraction of sp³-hybridized carbons (Fsp3) is 0.500. The van der Waals surface area contributed by atoms with Crippen LogP contribution in [0.3, 0.4) is 0 Å². The zero-order valence-electron chi connectivity index (χ0n) is 11.3. The summed E-state index contributed by atoms with van der Waals surface area (Å²) in [5, 5.41) is 2.87. The van der Waals surface area contributed by atoms with E-state index in [1.54, 1.807) is 0 Å². The van der Waals surface area contributed by atoms with Crippen molar-refractivity contribution in [1.82, 2.24) is 0 Å². The topological polar surface area (TPSA) is 58.4 Å². The Morgan fingerprint density at radius 2 is 2.22 bits per heavy atom. The number of fused-ring (bicyclic) bond motifs is 1. The fourth-order valence-corrected chi connectivity index (χ4v) is 2.44. The molecule has 4 heteroatoms. The van der Waals surface area contributed by atoms with Crippen LogP contribution in [0.25, 0.3) is 0 Å². The summed E-state index contributed by atoms with van der Waals surface area (Å²) >= 11 is 0. The summed E-state index contributed by atoms with van der Waals surface area (Å²) in [6.45, 7) is 4.37. The Bertz CT molecular complexity index is 470. The lowest BCUT2D eigenvalue weighted by atomic mass is 10.1. The maximum atomic E-state index is 11.4. The van der Waals surface area contributed by atoms with Crippen molar-refractivity contribution in [2.24, 2.45) is 0 Å². The third-order valence-electron chi connectivity index (χ3n) is 3.63. The lowest BCUT2D eigenvalue weighted by Crippen LogP contribution is -2.29. The van der Waals surface area contributed by atoms with E-state index in [9.17, 15) is 4.79 Å². The molecule has 0 saturated carbocycles. The van der Waals surface area contributed by atoms with E-state index in [1.165, 1.54) is 0 Å². The summed E-state index contributed by atoms with van der Waals surface area (Å²) in [6.07, 6.45) is 2.71. The van der Waals surface area contributed by atoms with Crippen LogP contribution in [0.2, 0.25) is 0 Å². The predicted molar refractivity (Wildman–Crippen MR) is 76.0 cm³/mol. The van der Waals surface area contributed by atoms with Gasteiger partial charge in [0, 0.05) is 18.8 Å².